The van der Waals surface area contributed by atoms with Crippen molar-refractivity contribution in [3.63, 3.8) is 0 Å². The maximum Gasteiger partial charge on any atom is 0.321 e. The minimum Gasteiger partial charge on any atom is -0.392 e. The van der Waals surface area contributed by atoms with Crippen LogP contribution >= 0.6 is 0 Å². The molecule has 2 unspecified atom stereocenters. The topological polar surface area (TPSA) is 81.7 Å². The van der Waals surface area contributed by atoms with Crippen LogP contribution in [0.5, 0.6) is 0 Å². The molecule has 20 heavy (non-hydrogen) atoms. The molecule has 2 aliphatic rings. The van der Waals surface area contributed by atoms with E-state index in [-0.39, 0.29) is 30.5 Å². The largest absolute Gasteiger partial charge is 0.392 e. The zero-order valence-corrected chi connectivity index (χ0v) is 12.1. The highest BCUT2D eigenvalue weighted by Crippen LogP contribution is 2.17. The number of hydrogen-bond acceptors (Lipinski definition) is 4. The number of rotatable bonds is 3. The van der Waals surface area contributed by atoms with Crippen LogP contribution in [0.25, 0.3) is 0 Å². The number of piperidine rings is 1. The zero-order chi connectivity index (χ0) is 14.5. The van der Waals surface area contributed by atoms with Crippen molar-refractivity contribution in [2.24, 2.45) is 5.92 Å². The fourth-order valence-electron chi connectivity index (χ4n) is 2.92. The van der Waals surface area contributed by atoms with Crippen LogP contribution < -0.4 is 10.6 Å². The Labute approximate surface area is 119 Å². The van der Waals surface area contributed by atoms with E-state index in [1.807, 2.05) is 11.8 Å². The number of β-amino-alcohol motifs (C(OH)–C–C–N with tert-alkyl or cyclic N) is 1. The summed E-state index contributed by atoms with van der Waals surface area (Å²) in [4.78, 5) is 25.3. The quantitative estimate of drug-likeness (QED) is 0.703. The number of nitrogens with zero attached hydrogens (tertiary/aromatic N) is 1. The highest BCUT2D eigenvalue weighted by molar-refractivity contribution is 5.95. The molecule has 3 amide bonds. The van der Waals surface area contributed by atoms with Gasteiger partial charge in [0, 0.05) is 12.6 Å². The van der Waals surface area contributed by atoms with Crippen molar-refractivity contribution in [3.8, 4) is 0 Å². The summed E-state index contributed by atoms with van der Waals surface area (Å²) in [6.07, 6.45) is 4.77. The predicted octanol–water partition coefficient (Wildman–Crippen LogP) is 0.458. The van der Waals surface area contributed by atoms with Crippen LogP contribution in [0.2, 0.25) is 0 Å². The number of likely N-dealkylation sites (tertiary alicyclic amines) is 1. The molecule has 0 aromatic rings. The molecule has 1 saturated carbocycles. The Kier molecular flexibility index (Phi) is 5.37. The van der Waals surface area contributed by atoms with Gasteiger partial charge in [0.2, 0.25) is 5.91 Å². The fourth-order valence-corrected chi connectivity index (χ4v) is 2.92. The van der Waals surface area contributed by atoms with Gasteiger partial charge in [0.1, 0.15) is 0 Å². The van der Waals surface area contributed by atoms with E-state index in [0.29, 0.717) is 6.54 Å². The Balaban J connectivity index is 1.68. The summed E-state index contributed by atoms with van der Waals surface area (Å²) in [6.45, 7) is 3.47. The number of urea groups is 1. The van der Waals surface area contributed by atoms with Gasteiger partial charge in [-0.15, -0.1) is 0 Å². The molecule has 1 aliphatic heterocycles. The molecule has 1 saturated heterocycles. The zero-order valence-electron chi connectivity index (χ0n) is 12.1. The first-order valence-corrected chi connectivity index (χ1v) is 7.55. The summed E-state index contributed by atoms with van der Waals surface area (Å²) >= 11 is 0. The van der Waals surface area contributed by atoms with Crippen LogP contribution in [0, 0.1) is 5.92 Å². The van der Waals surface area contributed by atoms with Gasteiger partial charge in [-0.25, -0.2) is 4.79 Å². The molecule has 2 atom stereocenters. The van der Waals surface area contributed by atoms with Crippen LogP contribution in [-0.2, 0) is 4.79 Å². The Bertz CT molecular complexity index is 356. The molecule has 1 heterocycles. The number of carbonyl (C=O) groups excluding carboxylic acids is 2. The standard InChI is InChI=1S/C14H25N3O3/c1-10-6-7-17(8-12(10)18)9-13(19)16-14(20)15-11-4-2-3-5-11/h10-12,18H,2-9H2,1H3,(H2,15,16,19,20). The molecule has 114 valence electrons. The van der Waals surface area contributed by atoms with E-state index in [4.69, 9.17) is 0 Å². The van der Waals surface area contributed by atoms with Gasteiger partial charge in [-0.2, -0.15) is 0 Å². The first-order chi connectivity index (χ1) is 9.54. The lowest BCUT2D eigenvalue weighted by molar-refractivity contribution is -0.122. The molecule has 6 nitrogen and oxygen atoms in total. The number of nitrogens with one attached hydrogen (secondary N) is 2. The van der Waals surface area contributed by atoms with Crippen LogP contribution in [0.15, 0.2) is 0 Å². The van der Waals surface area contributed by atoms with Crippen molar-refractivity contribution in [2.45, 2.75) is 51.2 Å². The van der Waals surface area contributed by atoms with Gasteiger partial charge in [0.05, 0.1) is 12.6 Å². The van der Waals surface area contributed by atoms with Gasteiger partial charge >= 0.3 is 6.03 Å². The number of aliphatic hydroxyl groups excluding tert-OH is 1. The van der Waals surface area contributed by atoms with E-state index < -0.39 is 6.03 Å². The van der Waals surface area contributed by atoms with Gasteiger partial charge in [-0.3, -0.25) is 15.0 Å². The van der Waals surface area contributed by atoms with Gasteiger partial charge in [-0.05, 0) is 31.7 Å². The summed E-state index contributed by atoms with van der Waals surface area (Å²) in [5, 5.41) is 15.0. The van der Waals surface area contributed by atoms with Crippen molar-refractivity contribution < 1.29 is 14.7 Å². The minimum atomic E-state index is -0.396. The monoisotopic (exact) mass is 283 g/mol. The highest BCUT2D eigenvalue weighted by atomic mass is 16.3. The Hall–Kier alpha value is -1.14. The van der Waals surface area contributed by atoms with E-state index in [2.05, 4.69) is 10.6 Å². The molecule has 0 bridgehead atoms. The predicted molar refractivity (Wildman–Crippen MR) is 75.2 cm³/mol. The summed E-state index contributed by atoms with van der Waals surface area (Å²) in [7, 11) is 0. The third-order valence-corrected chi connectivity index (χ3v) is 4.31. The second kappa shape index (κ2) is 7.04. The minimum absolute atomic E-state index is 0.169. The van der Waals surface area contributed by atoms with E-state index in [1.165, 1.54) is 0 Å². The number of carbonyl (C=O) groups is 2. The average molecular weight is 283 g/mol. The number of amides is 3. The molecule has 0 spiro atoms. The molecule has 0 radical (unpaired) electrons. The maximum atomic E-state index is 11.8. The van der Waals surface area contributed by atoms with E-state index in [0.717, 1.165) is 38.6 Å². The first-order valence-electron chi connectivity index (χ1n) is 7.55. The lowest BCUT2D eigenvalue weighted by Gasteiger charge is -2.33. The van der Waals surface area contributed by atoms with Crippen molar-refractivity contribution in [3.05, 3.63) is 0 Å². The Morgan fingerprint density at radius 2 is 1.95 bits per heavy atom. The van der Waals surface area contributed by atoms with Crippen molar-refractivity contribution in [2.75, 3.05) is 19.6 Å². The molecule has 6 heteroatoms. The van der Waals surface area contributed by atoms with Crippen molar-refractivity contribution in [1.29, 1.82) is 0 Å². The van der Waals surface area contributed by atoms with E-state index in [9.17, 15) is 14.7 Å². The molecule has 2 fully saturated rings. The Morgan fingerprint density at radius 1 is 1.25 bits per heavy atom. The summed E-state index contributed by atoms with van der Waals surface area (Å²) in [5.41, 5.74) is 0. The van der Waals surface area contributed by atoms with Crippen LogP contribution in [-0.4, -0.2) is 53.7 Å². The average Bonchev–Trinajstić information content (AvgIpc) is 2.86. The van der Waals surface area contributed by atoms with Crippen molar-refractivity contribution >= 4 is 11.9 Å². The van der Waals surface area contributed by atoms with Crippen LogP contribution in [0.3, 0.4) is 0 Å². The third-order valence-electron chi connectivity index (χ3n) is 4.31. The summed E-state index contributed by atoms with van der Waals surface area (Å²) in [5.74, 6) is -0.0257. The Morgan fingerprint density at radius 3 is 2.60 bits per heavy atom. The van der Waals surface area contributed by atoms with Crippen LogP contribution in [0.4, 0.5) is 4.79 Å². The fraction of sp³-hybridized carbons (Fsp3) is 0.857. The number of aliphatic hydroxyl groups is 1. The van der Waals surface area contributed by atoms with Gasteiger partial charge in [0.25, 0.3) is 0 Å². The van der Waals surface area contributed by atoms with Gasteiger partial charge in [0.15, 0.2) is 0 Å². The molecule has 0 aromatic heterocycles. The van der Waals surface area contributed by atoms with Gasteiger partial charge in [-0.1, -0.05) is 19.8 Å². The third kappa shape index (κ3) is 4.45. The number of hydrogen-bond donors (Lipinski definition) is 3. The second-order valence-corrected chi connectivity index (χ2v) is 6.07. The molecular formula is C14H25N3O3. The number of imide groups is 1. The maximum absolute atomic E-state index is 11.8. The SMILES string of the molecule is CC1CCN(CC(=O)NC(=O)NC2CCCC2)CC1O. The smallest absolute Gasteiger partial charge is 0.321 e. The highest BCUT2D eigenvalue weighted by Gasteiger charge is 2.26. The van der Waals surface area contributed by atoms with E-state index in [1.54, 1.807) is 0 Å². The lowest BCUT2D eigenvalue weighted by Crippen LogP contribution is -2.50. The second-order valence-electron chi connectivity index (χ2n) is 6.07. The lowest BCUT2D eigenvalue weighted by atomic mass is 9.96. The molecule has 3 N–H and O–H groups in total. The normalized spacial score (nSPS) is 28.3. The van der Waals surface area contributed by atoms with Crippen LogP contribution in [0.1, 0.15) is 39.0 Å². The molecule has 1 aliphatic carbocycles. The van der Waals surface area contributed by atoms with E-state index >= 15 is 0 Å². The summed E-state index contributed by atoms with van der Waals surface area (Å²) in [6, 6.07) is -0.187. The molecular weight excluding hydrogens is 258 g/mol. The molecule has 2 rings (SSSR count). The summed E-state index contributed by atoms with van der Waals surface area (Å²) < 4.78 is 0. The van der Waals surface area contributed by atoms with Crippen molar-refractivity contribution in [1.82, 2.24) is 15.5 Å². The first kappa shape index (κ1) is 15.3. The molecule has 0 aromatic carbocycles. The van der Waals surface area contributed by atoms with Gasteiger partial charge < -0.3 is 10.4 Å².